The molecule has 6 nitrogen and oxygen atoms in total. The van der Waals surface area contributed by atoms with Gasteiger partial charge in [-0.3, -0.25) is 0 Å². The average Bonchev–Trinajstić information content (AvgIpc) is 3.08. The lowest BCUT2D eigenvalue weighted by Crippen LogP contribution is -2.13. The quantitative estimate of drug-likeness (QED) is 0.432. The Kier molecular flexibility index (Phi) is 6.02. The molecule has 3 aromatic rings. The molecule has 0 unspecified atom stereocenters. The van der Waals surface area contributed by atoms with Gasteiger partial charge in [-0.05, 0) is 64.3 Å². The van der Waals surface area contributed by atoms with E-state index in [0.29, 0.717) is 32.2 Å². The number of ether oxygens (including phenoxy) is 2. The van der Waals surface area contributed by atoms with Crippen LogP contribution in [-0.4, -0.2) is 29.7 Å². The maximum atomic E-state index is 11.2. The summed E-state index contributed by atoms with van der Waals surface area (Å²) in [6, 6.07) is 11.4. The minimum Gasteiger partial charge on any atom is -0.479 e. The number of aromatic amines is 1. The van der Waals surface area contributed by atoms with Gasteiger partial charge in [-0.25, -0.2) is 9.78 Å². The summed E-state index contributed by atoms with van der Waals surface area (Å²) in [7, 11) is 1.28. The van der Waals surface area contributed by atoms with E-state index >= 15 is 0 Å². The van der Waals surface area contributed by atoms with Crippen LogP contribution in [-0.2, 0) is 9.53 Å². The summed E-state index contributed by atoms with van der Waals surface area (Å²) in [6.07, 6.45) is 1.67. The van der Waals surface area contributed by atoms with Crippen LogP contribution in [0.25, 0.3) is 22.7 Å². The van der Waals surface area contributed by atoms with E-state index in [2.05, 4.69) is 36.7 Å². The first-order valence-electron chi connectivity index (χ1n) is 8.18. The van der Waals surface area contributed by atoms with Crippen molar-refractivity contribution in [2.24, 2.45) is 0 Å². The molecule has 0 fully saturated rings. The first-order chi connectivity index (χ1) is 13.4. The Bertz CT molecular complexity index is 1110. The van der Waals surface area contributed by atoms with Crippen molar-refractivity contribution in [3.8, 4) is 11.8 Å². The fraction of sp³-hybridized carbons (Fsp3) is 0.150. The number of nitriles is 1. The van der Waals surface area contributed by atoms with Gasteiger partial charge in [0.15, 0.2) is 12.4 Å². The van der Waals surface area contributed by atoms with Gasteiger partial charge in [0.1, 0.15) is 11.9 Å². The summed E-state index contributed by atoms with van der Waals surface area (Å²) in [5.74, 6) is 0.280. The fourth-order valence-electron chi connectivity index (χ4n) is 2.56. The number of rotatable bonds is 5. The molecule has 0 bridgehead atoms. The van der Waals surface area contributed by atoms with E-state index < -0.39 is 5.97 Å². The lowest BCUT2D eigenvalue weighted by molar-refractivity contribution is -0.142. The molecule has 1 heterocycles. The van der Waals surface area contributed by atoms with Gasteiger partial charge in [0.05, 0.1) is 33.2 Å². The van der Waals surface area contributed by atoms with Crippen LogP contribution in [0.4, 0.5) is 0 Å². The van der Waals surface area contributed by atoms with Gasteiger partial charge < -0.3 is 14.5 Å². The van der Waals surface area contributed by atoms with Gasteiger partial charge in [0.25, 0.3) is 0 Å². The number of fused-ring (bicyclic) bond motifs is 1. The molecule has 142 valence electrons. The molecule has 0 saturated carbocycles. The molecule has 0 spiro atoms. The van der Waals surface area contributed by atoms with Crippen LogP contribution in [0.5, 0.6) is 5.75 Å². The Hall–Kier alpha value is -2.82. The summed E-state index contributed by atoms with van der Waals surface area (Å²) in [5, 5.41) is 9.88. The van der Waals surface area contributed by atoms with Crippen LogP contribution < -0.4 is 4.74 Å². The predicted molar refractivity (Wildman–Crippen MR) is 111 cm³/mol. The van der Waals surface area contributed by atoms with Crippen molar-refractivity contribution < 1.29 is 14.3 Å². The first kappa shape index (κ1) is 19.9. The molecule has 2 aromatic carbocycles. The Morgan fingerprint density at radius 2 is 2.18 bits per heavy atom. The number of hydrogen-bond donors (Lipinski definition) is 1. The molecular weight excluding hydrogens is 446 g/mol. The van der Waals surface area contributed by atoms with E-state index in [0.717, 1.165) is 16.6 Å². The van der Waals surface area contributed by atoms with Crippen molar-refractivity contribution in [2.75, 3.05) is 13.7 Å². The smallest absolute Gasteiger partial charge is 0.343 e. The predicted octanol–water partition coefficient (Wildman–Crippen LogP) is 4.90. The van der Waals surface area contributed by atoms with E-state index in [9.17, 15) is 10.1 Å². The second kappa shape index (κ2) is 8.46. The van der Waals surface area contributed by atoms with Gasteiger partial charge in [-0.15, -0.1) is 0 Å². The molecule has 0 amide bonds. The number of carbonyl (C=O) groups is 1. The Morgan fingerprint density at radius 3 is 2.86 bits per heavy atom. The highest BCUT2D eigenvalue weighted by Crippen LogP contribution is 2.35. The van der Waals surface area contributed by atoms with Crippen molar-refractivity contribution in [2.45, 2.75) is 6.92 Å². The van der Waals surface area contributed by atoms with Crippen molar-refractivity contribution in [3.63, 3.8) is 0 Å². The summed E-state index contributed by atoms with van der Waals surface area (Å²) < 4.78 is 10.5. The van der Waals surface area contributed by atoms with Gasteiger partial charge >= 0.3 is 5.97 Å². The molecule has 0 atom stereocenters. The minimum absolute atomic E-state index is 0.258. The highest BCUT2D eigenvalue weighted by atomic mass is 79.9. The Morgan fingerprint density at radius 1 is 1.39 bits per heavy atom. The number of hydrogen-bond acceptors (Lipinski definition) is 5. The van der Waals surface area contributed by atoms with Crippen molar-refractivity contribution >= 4 is 56.2 Å². The monoisotopic (exact) mass is 459 g/mol. The van der Waals surface area contributed by atoms with Gasteiger partial charge in [-0.2, -0.15) is 5.26 Å². The number of benzene rings is 2. The van der Waals surface area contributed by atoms with E-state index in [4.69, 9.17) is 16.3 Å². The number of halogens is 2. The molecule has 0 radical (unpaired) electrons. The Balaban J connectivity index is 1.93. The second-order valence-corrected chi connectivity index (χ2v) is 7.22. The summed E-state index contributed by atoms with van der Waals surface area (Å²) in [6.45, 7) is 1.73. The van der Waals surface area contributed by atoms with Crippen LogP contribution in [0.2, 0.25) is 5.02 Å². The van der Waals surface area contributed by atoms with E-state index in [-0.39, 0.29) is 6.61 Å². The van der Waals surface area contributed by atoms with E-state index in [1.54, 1.807) is 18.2 Å². The molecule has 0 aliphatic rings. The zero-order valence-corrected chi connectivity index (χ0v) is 17.4. The molecule has 0 aliphatic carbocycles. The van der Waals surface area contributed by atoms with Crippen LogP contribution in [0.3, 0.4) is 0 Å². The first-order valence-corrected chi connectivity index (χ1v) is 9.35. The zero-order valence-electron chi connectivity index (χ0n) is 15.0. The van der Waals surface area contributed by atoms with Crippen molar-refractivity contribution in [1.82, 2.24) is 9.97 Å². The molecule has 0 aliphatic heterocycles. The van der Waals surface area contributed by atoms with Crippen LogP contribution in [0, 0.1) is 18.3 Å². The number of allylic oxidation sites excluding steroid dienone is 1. The van der Waals surface area contributed by atoms with Crippen LogP contribution >= 0.6 is 27.5 Å². The highest BCUT2D eigenvalue weighted by Gasteiger charge is 2.13. The second-order valence-electron chi connectivity index (χ2n) is 5.95. The van der Waals surface area contributed by atoms with Gasteiger partial charge in [0.2, 0.25) is 0 Å². The Labute approximate surface area is 174 Å². The van der Waals surface area contributed by atoms with E-state index in [1.165, 1.54) is 7.11 Å². The van der Waals surface area contributed by atoms with Crippen LogP contribution in [0.15, 0.2) is 34.8 Å². The number of carbonyl (C=O) groups excluding carboxylic acids is 1. The highest BCUT2D eigenvalue weighted by molar-refractivity contribution is 9.10. The summed E-state index contributed by atoms with van der Waals surface area (Å²) in [4.78, 5) is 18.9. The number of methoxy groups -OCH3 is 1. The summed E-state index contributed by atoms with van der Waals surface area (Å²) in [5.41, 5.74) is 3.79. The number of esters is 1. The average molecular weight is 461 g/mol. The minimum atomic E-state index is -0.515. The van der Waals surface area contributed by atoms with Gasteiger partial charge in [-0.1, -0.05) is 17.7 Å². The largest absolute Gasteiger partial charge is 0.479 e. The number of aromatic nitrogens is 2. The number of aryl methyl sites for hydroxylation is 1. The standard InChI is InChI=1S/C20H15BrClN3O3/c1-11-3-4-16-17(5-11)25-20(24-16)13(9-23)6-12-7-14(21)19(15(22)8-12)28-10-18(26)27-2/h3-8H,10H2,1-2H3,(H,24,25). The molecule has 8 heteroatoms. The molecule has 1 aromatic heterocycles. The number of imidazole rings is 1. The third kappa shape index (κ3) is 4.35. The lowest BCUT2D eigenvalue weighted by atomic mass is 10.1. The number of nitrogens with one attached hydrogen (secondary N) is 1. The van der Waals surface area contributed by atoms with Crippen molar-refractivity contribution in [3.05, 3.63) is 56.8 Å². The van der Waals surface area contributed by atoms with Crippen molar-refractivity contribution in [1.29, 1.82) is 5.26 Å². The molecular formula is C20H15BrClN3O3. The topological polar surface area (TPSA) is 88.0 Å². The van der Waals surface area contributed by atoms with Crippen LogP contribution in [0.1, 0.15) is 17.0 Å². The number of H-pyrrole nitrogens is 1. The normalized spacial score (nSPS) is 11.3. The maximum Gasteiger partial charge on any atom is 0.343 e. The summed E-state index contributed by atoms with van der Waals surface area (Å²) >= 11 is 9.65. The maximum absolute atomic E-state index is 11.2. The van der Waals surface area contributed by atoms with E-state index in [1.807, 2.05) is 25.1 Å². The fourth-order valence-corrected chi connectivity index (χ4v) is 3.55. The van der Waals surface area contributed by atoms with Gasteiger partial charge in [0, 0.05) is 0 Å². The molecule has 1 N–H and O–H groups in total. The lowest BCUT2D eigenvalue weighted by Gasteiger charge is -2.10. The SMILES string of the molecule is COC(=O)COc1c(Cl)cc(C=C(C#N)c2nc3ccc(C)cc3[nH]2)cc1Br. The number of nitrogens with zero attached hydrogens (tertiary/aromatic N) is 2. The zero-order chi connectivity index (χ0) is 20.3. The molecule has 0 saturated heterocycles. The third-order valence-corrected chi connectivity index (χ3v) is 4.78. The third-order valence-electron chi connectivity index (χ3n) is 3.91. The molecule has 3 rings (SSSR count). The molecule has 28 heavy (non-hydrogen) atoms.